The molecule has 0 aromatic heterocycles. The first-order chi connectivity index (χ1) is 10.1. The molecule has 0 aliphatic heterocycles. The number of hydrogen-bond acceptors (Lipinski definition) is 2. The van der Waals surface area contributed by atoms with Gasteiger partial charge in [-0.1, -0.05) is 41.4 Å². The van der Waals surface area contributed by atoms with E-state index >= 15 is 0 Å². The molecule has 0 aliphatic carbocycles. The van der Waals surface area contributed by atoms with E-state index in [2.05, 4.69) is 12.1 Å². The zero-order valence-electron chi connectivity index (χ0n) is 12.0. The number of rotatable bonds is 6. The van der Waals surface area contributed by atoms with Gasteiger partial charge in [0.2, 0.25) is 0 Å². The van der Waals surface area contributed by atoms with Crippen molar-refractivity contribution in [3.8, 4) is 5.75 Å². The zero-order chi connectivity index (χ0) is 15.2. The third-order valence-electron chi connectivity index (χ3n) is 3.54. The van der Waals surface area contributed by atoms with Crippen molar-refractivity contribution in [1.82, 2.24) is 0 Å². The fourth-order valence-electron chi connectivity index (χ4n) is 2.33. The summed E-state index contributed by atoms with van der Waals surface area (Å²) in [6.07, 6.45) is 1.76. The summed E-state index contributed by atoms with van der Waals surface area (Å²) in [6.45, 7) is 0.616. The van der Waals surface area contributed by atoms with E-state index in [0.717, 1.165) is 24.2 Å². The Hall–Kier alpha value is -1.22. The van der Waals surface area contributed by atoms with Crippen LogP contribution in [0.3, 0.4) is 0 Å². The molecule has 0 aliphatic rings. The molecule has 21 heavy (non-hydrogen) atoms. The molecule has 2 rings (SSSR count). The number of halogens is 2. The predicted octanol–water partition coefficient (Wildman–Crippen LogP) is 4.36. The summed E-state index contributed by atoms with van der Waals surface area (Å²) in [7, 11) is 1.67. The standard InChI is InChI=1S/C17H19Cl2NO/c1-21-16-6-2-12(3-7-16)8-13(11-20)9-14-4-5-15(18)10-17(14)19/h2-7,10,13H,8-9,11,20H2,1H3. The second-order valence-corrected chi connectivity index (χ2v) is 5.94. The van der Waals surface area contributed by atoms with E-state index in [-0.39, 0.29) is 0 Å². The lowest BCUT2D eigenvalue weighted by Gasteiger charge is -2.16. The smallest absolute Gasteiger partial charge is 0.118 e. The van der Waals surface area contributed by atoms with Gasteiger partial charge >= 0.3 is 0 Å². The maximum Gasteiger partial charge on any atom is 0.118 e. The van der Waals surface area contributed by atoms with Gasteiger partial charge in [-0.15, -0.1) is 0 Å². The van der Waals surface area contributed by atoms with Crippen molar-refractivity contribution in [1.29, 1.82) is 0 Å². The largest absolute Gasteiger partial charge is 0.497 e. The van der Waals surface area contributed by atoms with Crippen LogP contribution in [-0.2, 0) is 12.8 Å². The topological polar surface area (TPSA) is 35.2 Å². The Morgan fingerprint density at radius 2 is 1.76 bits per heavy atom. The third kappa shape index (κ3) is 4.63. The molecule has 0 spiro atoms. The van der Waals surface area contributed by atoms with Crippen LogP contribution in [0, 0.1) is 5.92 Å². The molecule has 2 N–H and O–H groups in total. The minimum Gasteiger partial charge on any atom is -0.497 e. The van der Waals surface area contributed by atoms with Crippen LogP contribution in [0.5, 0.6) is 5.75 Å². The highest BCUT2D eigenvalue weighted by molar-refractivity contribution is 6.35. The Labute approximate surface area is 135 Å². The maximum atomic E-state index is 6.23. The first-order valence-electron chi connectivity index (χ1n) is 6.89. The van der Waals surface area contributed by atoms with E-state index in [1.807, 2.05) is 24.3 Å². The van der Waals surface area contributed by atoms with Crippen LogP contribution in [0.25, 0.3) is 0 Å². The van der Waals surface area contributed by atoms with Crippen molar-refractivity contribution in [3.05, 3.63) is 63.6 Å². The molecule has 0 heterocycles. The van der Waals surface area contributed by atoms with Crippen LogP contribution in [0.2, 0.25) is 10.0 Å². The van der Waals surface area contributed by atoms with Gasteiger partial charge in [0.15, 0.2) is 0 Å². The van der Waals surface area contributed by atoms with Gasteiger partial charge in [0.05, 0.1) is 7.11 Å². The molecule has 1 atom stereocenters. The number of methoxy groups -OCH3 is 1. The Bertz CT molecular complexity index is 584. The zero-order valence-corrected chi connectivity index (χ0v) is 13.5. The van der Waals surface area contributed by atoms with Gasteiger partial charge in [0.1, 0.15) is 5.75 Å². The fraction of sp³-hybridized carbons (Fsp3) is 0.294. The van der Waals surface area contributed by atoms with Gasteiger partial charge in [-0.2, -0.15) is 0 Å². The van der Waals surface area contributed by atoms with Crippen molar-refractivity contribution < 1.29 is 4.74 Å². The fourth-order valence-corrected chi connectivity index (χ4v) is 2.82. The number of hydrogen-bond donors (Lipinski definition) is 1. The van der Waals surface area contributed by atoms with E-state index in [1.54, 1.807) is 13.2 Å². The number of ether oxygens (including phenoxy) is 1. The average molecular weight is 324 g/mol. The van der Waals surface area contributed by atoms with Crippen molar-refractivity contribution in [2.75, 3.05) is 13.7 Å². The van der Waals surface area contributed by atoms with E-state index < -0.39 is 0 Å². The van der Waals surface area contributed by atoms with Crippen LogP contribution >= 0.6 is 23.2 Å². The van der Waals surface area contributed by atoms with Crippen LogP contribution in [-0.4, -0.2) is 13.7 Å². The van der Waals surface area contributed by atoms with E-state index in [4.69, 9.17) is 33.7 Å². The highest BCUT2D eigenvalue weighted by Gasteiger charge is 2.12. The van der Waals surface area contributed by atoms with E-state index in [0.29, 0.717) is 22.5 Å². The highest BCUT2D eigenvalue weighted by atomic mass is 35.5. The van der Waals surface area contributed by atoms with Gasteiger partial charge in [-0.25, -0.2) is 0 Å². The normalized spacial score (nSPS) is 12.2. The number of benzene rings is 2. The lowest BCUT2D eigenvalue weighted by Crippen LogP contribution is -2.19. The summed E-state index contributed by atoms with van der Waals surface area (Å²) in [6, 6.07) is 13.7. The van der Waals surface area contributed by atoms with Crippen LogP contribution in [0.4, 0.5) is 0 Å². The molecular weight excluding hydrogens is 305 g/mol. The Balaban J connectivity index is 2.05. The van der Waals surface area contributed by atoms with Crippen molar-refractivity contribution in [3.63, 3.8) is 0 Å². The minimum atomic E-state index is 0.345. The second kappa shape index (κ2) is 7.69. The molecule has 0 saturated heterocycles. The second-order valence-electron chi connectivity index (χ2n) is 5.09. The summed E-state index contributed by atoms with van der Waals surface area (Å²) in [5.41, 5.74) is 8.25. The molecule has 0 radical (unpaired) electrons. The van der Waals surface area contributed by atoms with Crippen molar-refractivity contribution in [2.45, 2.75) is 12.8 Å². The molecule has 112 valence electrons. The Kier molecular flexibility index (Phi) is 5.92. The number of nitrogens with two attached hydrogens (primary N) is 1. The third-order valence-corrected chi connectivity index (χ3v) is 4.13. The van der Waals surface area contributed by atoms with Gasteiger partial charge in [-0.3, -0.25) is 0 Å². The van der Waals surface area contributed by atoms with E-state index in [1.165, 1.54) is 5.56 Å². The molecule has 2 aromatic rings. The quantitative estimate of drug-likeness (QED) is 0.857. The molecular formula is C17H19Cl2NO. The van der Waals surface area contributed by atoms with E-state index in [9.17, 15) is 0 Å². The summed E-state index contributed by atoms with van der Waals surface area (Å²) in [5.74, 6) is 1.21. The lowest BCUT2D eigenvalue weighted by molar-refractivity contribution is 0.414. The summed E-state index contributed by atoms with van der Waals surface area (Å²) in [5, 5.41) is 1.36. The average Bonchev–Trinajstić information content (AvgIpc) is 2.49. The summed E-state index contributed by atoms with van der Waals surface area (Å²) in [4.78, 5) is 0. The molecule has 0 fully saturated rings. The molecule has 0 bridgehead atoms. The van der Waals surface area contributed by atoms with Gasteiger partial charge in [0.25, 0.3) is 0 Å². The molecule has 0 saturated carbocycles. The van der Waals surface area contributed by atoms with Crippen LogP contribution in [0.15, 0.2) is 42.5 Å². The molecule has 0 amide bonds. The summed E-state index contributed by atoms with van der Waals surface area (Å²) < 4.78 is 5.17. The van der Waals surface area contributed by atoms with Gasteiger partial charge < -0.3 is 10.5 Å². The van der Waals surface area contributed by atoms with Crippen molar-refractivity contribution >= 4 is 23.2 Å². The van der Waals surface area contributed by atoms with Crippen molar-refractivity contribution in [2.24, 2.45) is 11.7 Å². The monoisotopic (exact) mass is 323 g/mol. The first kappa shape index (κ1) is 16.2. The molecule has 4 heteroatoms. The van der Waals surface area contributed by atoms with Crippen LogP contribution in [0.1, 0.15) is 11.1 Å². The molecule has 2 aromatic carbocycles. The van der Waals surface area contributed by atoms with Crippen LogP contribution < -0.4 is 10.5 Å². The minimum absolute atomic E-state index is 0.345. The SMILES string of the molecule is COc1ccc(CC(CN)Cc2ccc(Cl)cc2Cl)cc1. The summed E-state index contributed by atoms with van der Waals surface area (Å²) >= 11 is 12.2. The highest BCUT2D eigenvalue weighted by Crippen LogP contribution is 2.24. The Morgan fingerprint density at radius 3 is 2.33 bits per heavy atom. The molecule has 1 unspecified atom stereocenters. The Morgan fingerprint density at radius 1 is 1.05 bits per heavy atom. The lowest BCUT2D eigenvalue weighted by atomic mass is 9.92. The van der Waals surface area contributed by atoms with Gasteiger partial charge in [0, 0.05) is 10.0 Å². The molecule has 2 nitrogen and oxygen atoms in total. The maximum absolute atomic E-state index is 6.23. The van der Waals surface area contributed by atoms with Gasteiger partial charge in [-0.05, 0) is 60.7 Å². The first-order valence-corrected chi connectivity index (χ1v) is 7.65. The predicted molar refractivity (Wildman–Crippen MR) is 89.4 cm³/mol.